The van der Waals surface area contributed by atoms with Crippen molar-refractivity contribution in [3.63, 3.8) is 0 Å². The average molecular weight is 363 g/mol. The van der Waals surface area contributed by atoms with E-state index in [2.05, 4.69) is 15.4 Å². The second-order valence-corrected chi connectivity index (χ2v) is 5.73. The van der Waals surface area contributed by atoms with Gasteiger partial charge in [0.25, 0.3) is 5.91 Å². The monoisotopic (exact) mass is 362 g/mol. The lowest BCUT2D eigenvalue weighted by atomic mass is 10.3. The van der Waals surface area contributed by atoms with E-state index in [1.807, 2.05) is 0 Å². The summed E-state index contributed by atoms with van der Waals surface area (Å²) >= 11 is 12.0. The fraction of sp³-hybridized carbons (Fsp3) is 0.0625. The molecule has 1 aromatic carbocycles. The van der Waals surface area contributed by atoms with Gasteiger partial charge in [0, 0.05) is 31.2 Å². The molecule has 3 rings (SSSR count). The normalized spacial score (nSPS) is 10.5. The Morgan fingerprint density at radius 2 is 2.04 bits per heavy atom. The first kappa shape index (κ1) is 16.3. The first-order chi connectivity index (χ1) is 11.5. The number of rotatable bonds is 4. The van der Waals surface area contributed by atoms with E-state index in [1.54, 1.807) is 54.3 Å². The van der Waals surface area contributed by atoms with Gasteiger partial charge in [-0.25, -0.2) is 4.98 Å². The van der Waals surface area contributed by atoms with Crippen LogP contribution in [-0.2, 0) is 7.05 Å². The minimum absolute atomic E-state index is 0.319. The summed E-state index contributed by atoms with van der Waals surface area (Å²) < 4.78 is 7.14. The van der Waals surface area contributed by atoms with E-state index in [4.69, 9.17) is 27.9 Å². The molecule has 0 saturated carbocycles. The van der Waals surface area contributed by atoms with Crippen molar-refractivity contribution in [3.8, 4) is 11.6 Å². The number of nitrogens with one attached hydrogen (secondary N) is 1. The molecule has 3 aromatic rings. The van der Waals surface area contributed by atoms with Crippen LogP contribution in [0.25, 0.3) is 0 Å². The van der Waals surface area contributed by atoms with Gasteiger partial charge in [-0.3, -0.25) is 9.48 Å². The number of carbonyl (C=O) groups excluding carboxylic acids is 1. The SMILES string of the molecule is Cn1ccc(C(=O)Nc2ccc(Oc3ccc(Cl)cn3)c(Cl)c2)n1. The van der Waals surface area contributed by atoms with Gasteiger partial charge in [-0.1, -0.05) is 23.2 Å². The number of aryl methyl sites for hydroxylation is 1. The predicted molar refractivity (Wildman–Crippen MR) is 91.9 cm³/mol. The summed E-state index contributed by atoms with van der Waals surface area (Å²) in [5.74, 6) is 0.466. The fourth-order valence-corrected chi connectivity index (χ4v) is 2.26. The van der Waals surface area contributed by atoms with Gasteiger partial charge in [0.1, 0.15) is 5.75 Å². The van der Waals surface area contributed by atoms with Crippen molar-refractivity contribution in [2.75, 3.05) is 5.32 Å². The number of carbonyl (C=O) groups is 1. The third kappa shape index (κ3) is 3.84. The quantitative estimate of drug-likeness (QED) is 0.756. The number of halogens is 2. The Balaban J connectivity index is 1.72. The molecule has 0 saturated heterocycles. The zero-order valence-corrected chi connectivity index (χ0v) is 14.0. The van der Waals surface area contributed by atoms with Crippen LogP contribution in [0, 0.1) is 0 Å². The maximum atomic E-state index is 12.1. The van der Waals surface area contributed by atoms with Crippen LogP contribution in [-0.4, -0.2) is 20.7 Å². The van der Waals surface area contributed by atoms with Crippen molar-refractivity contribution in [3.05, 3.63) is 64.5 Å². The maximum Gasteiger partial charge on any atom is 0.276 e. The Bertz CT molecular complexity index is 878. The Morgan fingerprint density at radius 1 is 1.21 bits per heavy atom. The van der Waals surface area contributed by atoms with Crippen molar-refractivity contribution in [2.45, 2.75) is 0 Å². The highest BCUT2D eigenvalue weighted by molar-refractivity contribution is 6.32. The van der Waals surface area contributed by atoms with Gasteiger partial charge in [-0.15, -0.1) is 0 Å². The maximum absolute atomic E-state index is 12.1. The van der Waals surface area contributed by atoms with Crippen molar-refractivity contribution in [2.24, 2.45) is 7.05 Å². The number of anilines is 1. The molecule has 0 fully saturated rings. The lowest BCUT2D eigenvalue weighted by Gasteiger charge is -2.09. The summed E-state index contributed by atoms with van der Waals surface area (Å²) in [7, 11) is 1.74. The van der Waals surface area contributed by atoms with Gasteiger partial charge in [0.05, 0.1) is 10.0 Å². The second kappa shape index (κ2) is 6.90. The van der Waals surface area contributed by atoms with E-state index in [1.165, 1.54) is 6.20 Å². The molecule has 0 radical (unpaired) electrons. The molecule has 0 aliphatic heterocycles. The summed E-state index contributed by atoms with van der Waals surface area (Å²) in [5, 5.41) is 7.61. The fourth-order valence-electron chi connectivity index (χ4n) is 1.93. The molecule has 24 heavy (non-hydrogen) atoms. The molecular formula is C16H12Cl2N4O2. The van der Waals surface area contributed by atoms with Crippen LogP contribution in [0.4, 0.5) is 5.69 Å². The molecule has 0 aliphatic rings. The Kier molecular flexibility index (Phi) is 4.69. The highest BCUT2D eigenvalue weighted by Gasteiger charge is 2.11. The van der Waals surface area contributed by atoms with Crippen LogP contribution in [0.3, 0.4) is 0 Å². The van der Waals surface area contributed by atoms with Crippen molar-refractivity contribution < 1.29 is 9.53 Å². The highest BCUT2D eigenvalue weighted by Crippen LogP contribution is 2.31. The van der Waals surface area contributed by atoms with Gasteiger partial charge in [0.2, 0.25) is 5.88 Å². The van der Waals surface area contributed by atoms with E-state index >= 15 is 0 Å². The van der Waals surface area contributed by atoms with Crippen molar-refractivity contribution in [1.82, 2.24) is 14.8 Å². The number of nitrogens with zero attached hydrogens (tertiary/aromatic N) is 3. The molecule has 122 valence electrons. The molecular weight excluding hydrogens is 351 g/mol. The number of pyridine rings is 1. The van der Waals surface area contributed by atoms with Crippen LogP contribution in [0.5, 0.6) is 11.6 Å². The Hall–Kier alpha value is -2.57. The number of amides is 1. The molecule has 2 aromatic heterocycles. The lowest BCUT2D eigenvalue weighted by molar-refractivity contribution is 0.102. The minimum Gasteiger partial charge on any atom is -0.437 e. The van der Waals surface area contributed by atoms with Gasteiger partial charge >= 0.3 is 0 Å². The van der Waals surface area contributed by atoms with E-state index in [0.29, 0.717) is 33.1 Å². The van der Waals surface area contributed by atoms with E-state index in [-0.39, 0.29) is 5.91 Å². The first-order valence-electron chi connectivity index (χ1n) is 6.91. The number of benzene rings is 1. The van der Waals surface area contributed by atoms with Crippen LogP contribution in [0.15, 0.2) is 48.8 Å². The zero-order chi connectivity index (χ0) is 17.1. The van der Waals surface area contributed by atoms with Gasteiger partial charge < -0.3 is 10.1 Å². The molecule has 0 unspecified atom stereocenters. The summed E-state index contributed by atoms with van der Waals surface area (Å²) in [6.07, 6.45) is 3.17. The van der Waals surface area contributed by atoms with Gasteiger partial charge in [-0.2, -0.15) is 5.10 Å². The van der Waals surface area contributed by atoms with Crippen molar-refractivity contribution >= 4 is 34.8 Å². The van der Waals surface area contributed by atoms with Crippen LogP contribution < -0.4 is 10.1 Å². The molecule has 1 N–H and O–H groups in total. The molecule has 0 bridgehead atoms. The summed E-state index contributed by atoms with van der Waals surface area (Å²) in [4.78, 5) is 16.1. The summed E-state index contributed by atoms with van der Waals surface area (Å²) in [6, 6.07) is 9.84. The van der Waals surface area contributed by atoms with Gasteiger partial charge in [0.15, 0.2) is 5.69 Å². The second-order valence-electron chi connectivity index (χ2n) is 4.89. The van der Waals surface area contributed by atoms with Crippen LogP contribution >= 0.6 is 23.2 Å². The number of hydrogen-bond donors (Lipinski definition) is 1. The number of ether oxygens (including phenoxy) is 1. The number of hydrogen-bond acceptors (Lipinski definition) is 4. The molecule has 0 atom stereocenters. The van der Waals surface area contributed by atoms with Crippen LogP contribution in [0.1, 0.15) is 10.5 Å². The Labute approximate surface area is 148 Å². The third-order valence-corrected chi connectivity index (χ3v) is 3.57. The summed E-state index contributed by atoms with van der Waals surface area (Å²) in [5.41, 5.74) is 0.853. The van der Waals surface area contributed by atoms with E-state index in [0.717, 1.165) is 0 Å². The lowest BCUT2D eigenvalue weighted by Crippen LogP contribution is -2.13. The molecule has 8 heteroatoms. The van der Waals surface area contributed by atoms with E-state index < -0.39 is 0 Å². The first-order valence-corrected chi connectivity index (χ1v) is 7.67. The molecule has 1 amide bonds. The average Bonchev–Trinajstić information content (AvgIpc) is 2.99. The predicted octanol–water partition coefficient (Wildman–Crippen LogP) is 4.17. The number of aromatic nitrogens is 3. The van der Waals surface area contributed by atoms with Gasteiger partial charge in [-0.05, 0) is 30.3 Å². The molecule has 6 nitrogen and oxygen atoms in total. The minimum atomic E-state index is -0.320. The summed E-state index contributed by atoms with van der Waals surface area (Å²) in [6.45, 7) is 0. The zero-order valence-electron chi connectivity index (χ0n) is 12.5. The smallest absolute Gasteiger partial charge is 0.276 e. The topological polar surface area (TPSA) is 69.0 Å². The van der Waals surface area contributed by atoms with Crippen LogP contribution in [0.2, 0.25) is 10.0 Å². The largest absolute Gasteiger partial charge is 0.437 e. The molecule has 2 heterocycles. The highest BCUT2D eigenvalue weighted by atomic mass is 35.5. The third-order valence-electron chi connectivity index (χ3n) is 3.05. The van der Waals surface area contributed by atoms with E-state index in [9.17, 15) is 4.79 Å². The molecule has 0 spiro atoms. The Morgan fingerprint density at radius 3 is 2.67 bits per heavy atom. The standard InChI is InChI=1S/C16H12Cl2N4O2/c1-22-7-6-13(21-22)16(23)20-11-3-4-14(12(18)8-11)24-15-5-2-10(17)9-19-15/h2-9H,1H3,(H,20,23). The van der Waals surface area contributed by atoms with Crippen molar-refractivity contribution in [1.29, 1.82) is 0 Å². The molecule has 0 aliphatic carbocycles.